The van der Waals surface area contributed by atoms with Gasteiger partial charge in [-0.25, -0.2) is 0 Å². The average Bonchev–Trinajstić information content (AvgIpc) is 2.20. The van der Waals surface area contributed by atoms with Crippen LogP contribution in [0.1, 0.15) is 20.8 Å². The van der Waals surface area contributed by atoms with Crippen molar-refractivity contribution in [3.8, 4) is 0 Å². The molecule has 7 nitrogen and oxygen atoms in total. The van der Waals surface area contributed by atoms with E-state index in [0.717, 1.165) is 0 Å². The second-order valence-corrected chi connectivity index (χ2v) is 3.97. The molecule has 0 aliphatic rings. The standard InChI is InChI=1S/C10H19N3O4/c1-9(14)17-10(2,3)8-16-7-6-15-5-4-12-13-11/h4-8H2,1-3H3. The first-order valence-electron chi connectivity index (χ1n) is 5.34. The number of carbonyl (C=O) groups excluding carboxylic acids is 1. The molecular formula is C10H19N3O4. The van der Waals surface area contributed by atoms with Crippen molar-refractivity contribution < 1.29 is 19.0 Å². The molecule has 0 atom stereocenters. The van der Waals surface area contributed by atoms with Crippen molar-refractivity contribution in [1.82, 2.24) is 0 Å². The maximum atomic E-state index is 10.8. The molecular weight excluding hydrogens is 226 g/mol. The van der Waals surface area contributed by atoms with Gasteiger partial charge in [-0.15, -0.1) is 0 Å². The van der Waals surface area contributed by atoms with Crippen molar-refractivity contribution in [2.45, 2.75) is 26.4 Å². The Morgan fingerprint density at radius 2 is 1.94 bits per heavy atom. The highest BCUT2D eigenvalue weighted by molar-refractivity contribution is 5.66. The highest BCUT2D eigenvalue weighted by Gasteiger charge is 2.21. The van der Waals surface area contributed by atoms with Crippen molar-refractivity contribution in [2.75, 3.05) is 33.0 Å². The summed E-state index contributed by atoms with van der Waals surface area (Å²) in [7, 11) is 0. The summed E-state index contributed by atoms with van der Waals surface area (Å²) < 4.78 is 15.5. The lowest BCUT2D eigenvalue weighted by Gasteiger charge is -2.24. The minimum atomic E-state index is -0.628. The van der Waals surface area contributed by atoms with Crippen LogP contribution in [0.2, 0.25) is 0 Å². The van der Waals surface area contributed by atoms with E-state index in [1.807, 2.05) is 0 Å². The van der Waals surface area contributed by atoms with Crippen molar-refractivity contribution in [1.29, 1.82) is 0 Å². The Hall–Kier alpha value is -1.30. The quantitative estimate of drug-likeness (QED) is 0.203. The molecule has 0 radical (unpaired) electrons. The molecule has 0 aromatic rings. The van der Waals surface area contributed by atoms with Crippen LogP contribution < -0.4 is 0 Å². The summed E-state index contributed by atoms with van der Waals surface area (Å²) in [5, 5.41) is 3.32. The predicted octanol–water partition coefficient (Wildman–Crippen LogP) is 1.67. The lowest BCUT2D eigenvalue weighted by molar-refractivity contribution is -0.159. The van der Waals surface area contributed by atoms with Gasteiger partial charge in [0.1, 0.15) is 5.60 Å². The highest BCUT2D eigenvalue weighted by Crippen LogP contribution is 2.09. The maximum Gasteiger partial charge on any atom is 0.303 e. The fraction of sp³-hybridized carbons (Fsp3) is 0.900. The van der Waals surface area contributed by atoms with E-state index in [9.17, 15) is 4.79 Å². The van der Waals surface area contributed by atoms with Gasteiger partial charge in [0.25, 0.3) is 0 Å². The first kappa shape index (κ1) is 15.7. The first-order chi connectivity index (χ1) is 7.98. The molecule has 0 fully saturated rings. The molecule has 0 aromatic carbocycles. The Morgan fingerprint density at radius 3 is 2.53 bits per heavy atom. The molecule has 98 valence electrons. The Bertz CT molecular complexity index is 275. The summed E-state index contributed by atoms with van der Waals surface area (Å²) in [5.41, 5.74) is 7.38. The maximum absolute atomic E-state index is 10.8. The fourth-order valence-corrected chi connectivity index (χ4v) is 1.11. The van der Waals surface area contributed by atoms with Gasteiger partial charge < -0.3 is 14.2 Å². The average molecular weight is 245 g/mol. The van der Waals surface area contributed by atoms with Crippen LogP contribution in [-0.2, 0) is 19.0 Å². The SMILES string of the molecule is CC(=O)OC(C)(C)COCCOCCN=[N+]=[N-]. The zero-order valence-corrected chi connectivity index (χ0v) is 10.5. The van der Waals surface area contributed by atoms with Gasteiger partial charge >= 0.3 is 5.97 Å². The van der Waals surface area contributed by atoms with Gasteiger partial charge in [-0.3, -0.25) is 4.79 Å². The lowest BCUT2D eigenvalue weighted by atomic mass is 10.1. The summed E-state index contributed by atoms with van der Waals surface area (Å²) in [4.78, 5) is 13.3. The minimum Gasteiger partial charge on any atom is -0.457 e. The van der Waals surface area contributed by atoms with Crippen LogP contribution in [0.3, 0.4) is 0 Å². The number of azide groups is 1. The zero-order chi connectivity index (χ0) is 13.1. The van der Waals surface area contributed by atoms with Gasteiger partial charge in [-0.05, 0) is 19.4 Å². The van der Waals surface area contributed by atoms with Crippen LogP contribution in [0.4, 0.5) is 0 Å². The Morgan fingerprint density at radius 1 is 1.29 bits per heavy atom. The first-order valence-corrected chi connectivity index (χ1v) is 5.34. The second-order valence-electron chi connectivity index (χ2n) is 3.97. The van der Waals surface area contributed by atoms with Crippen LogP contribution in [0.25, 0.3) is 10.4 Å². The zero-order valence-electron chi connectivity index (χ0n) is 10.5. The van der Waals surface area contributed by atoms with Crippen molar-refractivity contribution in [2.24, 2.45) is 5.11 Å². The van der Waals surface area contributed by atoms with Gasteiger partial charge in [-0.2, -0.15) is 0 Å². The van der Waals surface area contributed by atoms with Gasteiger partial charge in [0, 0.05) is 18.4 Å². The van der Waals surface area contributed by atoms with Crippen LogP contribution >= 0.6 is 0 Å². The molecule has 0 aromatic heterocycles. The minimum absolute atomic E-state index is 0.312. The third-order valence-electron chi connectivity index (χ3n) is 1.64. The summed E-state index contributed by atoms with van der Waals surface area (Å²) >= 11 is 0. The number of hydrogen-bond donors (Lipinski definition) is 0. The molecule has 0 saturated heterocycles. The molecule has 0 N–H and O–H groups in total. The monoisotopic (exact) mass is 245 g/mol. The van der Waals surface area contributed by atoms with Crippen molar-refractivity contribution in [3.05, 3.63) is 10.4 Å². The van der Waals surface area contributed by atoms with E-state index < -0.39 is 5.60 Å². The van der Waals surface area contributed by atoms with Crippen molar-refractivity contribution in [3.63, 3.8) is 0 Å². The second kappa shape index (κ2) is 8.81. The van der Waals surface area contributed by atoms with E-state index in [-0.39, 0.29) is 5.97 Å². The van der Waals surface area contributed by atoms with E-state index in [1.54, 1.807) is 13.8 Å². The molecule has 0 saturated carbocycles. The molecule has 0 spiro atoms. The number of esters is 1. The van der Waals surface area contributed by atoms with Gasteiger partial charge in [0.05, 0.1) is 26.4 Å². The van der Waals surface area contributed by atoms with Crippen LogP contribution in [0.5, 0.6) is 0 Å². The van der Waals surface area contributed by atoms with E-state index in [2.05, 4.69) is 10.0 Å². The van der Waals surface area contributed by atoms with Crippen LogP contribution in [0, 0.1) is 0 Å². The summed E-state index contributed by atoms with van der Waals surface area (Å²) in [6.45, 7) is 6.73. The number of carbonyl (C=O) groups is 1. The highest BCUT2D eigenvalue weighted by atomic mass is 16.6. The normalized spacial score (nSPS) is 10.8. The Labute approximate surface area is 101 Å². The Balaban J connectivity index is 3.44. The smallest absolute Gasteiger partial charge is 0.303 e. The third-order valence-corrected chi connectivity index (χ3v) is 1.64. The summed E-state index contributed by atoms with van der Waals surface area (Å²) in [6, 6.07) is 0. The van der Waals surface area contributed by atoms with Gasteiger partial charge in [-0.1, -0.05) is 5.11 Å². The molecule has 7 heteroatoms. The van der Waals surface area contributed by atoms with E-state index in [4.69, 9.17) is 19.7 Å². The molecule has 0 amide bonds. The number of nitrogens with zero attached hydrogens (tertiary/aromatic N) is 3. The lowest BCUT2D eigenvalue weighted by Crippen LogP contribution is -2.33. The molecule has 0 unspecified atom stereocenters. The van der Waals surface area contributed by atoms with E-state index in [0.29, 0.717) is 33.0 Å². The van der Waals surface area contributed by atoms with Crippen LogP contribution in [0.15, 0.2) is 5.11 Å². The molecule has 0 rings (SSSR count). The molecule has 0 aliphatic heterocycles. The number of hydrogen-bond acceptors (Lipinski definition) is 5. The number of rotatable bonds is 9. The van der Waals surface area contributed by atoms with E-state index in [1.165, 1.54) is 6.92 Å². The molecule has 0 heterocycles. The van der Waals surface area contributed by atoms with E-state index >= 15 is 0 Å². The fourth-order valence-electron chi connectivity index (χ4n) is 1.11. The largest absolute Gasteiger partial charge is 0.457 e. The summed E-state index contributed by atoms with van der Waals surface area (Å²) in [6.07, 6.45) is 0. The Kier molecular flexibility index (Phi) is 8.13. The van der Waals surface area contributed by atoms with Crippen molar-refractivity contribution >= 4 is 5.97 Å². The molecule has 17 heavy (non-hydrogen) atoms. The topological polar surface area (TPSA) is 93.5 Å². The van der Waals surface area contributed by atoms with Crippen LogP contribution in [-0.4, -0.2) is 44.5 Å². The van der Waals surface area contributed by atoms with Gasteiger partial charge in [0.2, 0.25) is 0 Å². The van der Waals surface area contributed by atoms with Gasteiger partial charge in [0.15, 0.2) is 0 Å². The number of ether oxygens (including phenoxy) is 3. The summed E-state index contributed by atoms with van der Waals surface area (Å²) in [5.74, 6) is -0.329. The third kappa shape index (κ3) is 11.0. The predicted molar refractivity (Wildman–Crippen MR) is 61.5 cm³/mol. The molecule has 0 bridgehead atoms. The molecule has 0 aliphatic carbocycles.